The van der Waals surface area contributed by atoms with E-state index in [1.54, 1.807) is 41.6 Å². The second-order valence-corrected chi connectivity index (χ2v) is 7.05. The molecule has 0 spiro atoms. The van der Waals surface area contributed by atoms with Crippen LogP contribution < -0.4 is 0 Å². The molecule has 3 aromatic heterocycles. The van der Waals surface area contributed by atoms with Gasteiger partial charge >= 0.3 is 0 Å². The van der Waals surface area contributed by atoms with E-state index in [1.807, 2.05) is 0 Å². The van der Waals surface area contributed by atoms with Crippen molar-refractivity contribution in [3.8, 4) is 17.1 Å². The summed E-state index contributed by atoms with van der Waals surface area (Å²) in [6.07, 6.45) is 8.93. The highest BCUT2D eigenvalue weighted by molar-refractivity contribution is 7.90. The molecule has 0 aromatic carbocycles. The summed E-state index contributed by atoms with van der Waals surface area (Å²) in [5.41, 5.74) is 1.44. The first-order chi connectivity index (χ1) is 10.5. The van der Waals surface area contributed by atoms with Gasteiger partial charge in [-0.1, -0.05) is 11.6 Å². The molecule has 0 atom stereocenters. The van der Waals surface area contributed by atoms with Crippen molar-refractivity contribution in [2.24, 2.45) is 0 Å². The molecular weight excluding hydrogens is 324 g/mol. The topological polar surface area (TPSA) is 77.7 Å². The standard InChI is InChI=1S/C14H11ClN4O2S/c1-22(20,21)10-2-3-14(18-6-10)19-9-17-8-13(19)11-7-16-5-4-12(11)15/h2-9H,1H3. The quantitative estimate of drug-likeness (QED) is 0.735. The van der Waals surface area contributed by atoms with E-state index in [4.69, 9.17) is 11.6 Å². The number of pyridine rings is 2. The average molecular weight is 335 g/mol. The SMILES string of the molecule is CS(=O)(=O)c1ccc(-n2cncc2-c2cnccc2Cl)nc1. The van der Waals surface area contributed by atoms with Gasteiger partial charge < -0.3 is 0 Å². The number of nitrogens with zero attached hydrogens (tertiary/aromatic N) is 4. The summed E-state index contributed by atoms with van der Waals surface area (Å²) >= 11 is 6.18. The molecule has 0 aliphatic heterocycles. The third-order valence-electron chi connectivity index (χ3n) is 3.08. The molecule has 0 saturated heterocycles. The molecule has 22 heavy (non-hydrogen) atoms. The smallest absolute Gasteiger partial charge is 0.177 e. The van der Waals surface area contributed by atoms with E-state index in [2.05, 4.69) is 15.0 Å². The molecule has 3 aromatic rings. The number of imidazole rings is 1. The van der Waals surface area contributed by atoms with Crippen LogP contribution in [-0.2, 0) is 9.84 Å². The van der Waals surface area contributed by atoms with Gasteiger partial charge in [0.25, 0.3) is 0 Å². The highest BCUT2D eigenvalue weighted by Gasteiger charge is 2.13. The van der Waals surface area contributed by atoms with Crippen molar-refractivity contribution in [1.29, 1.82) is 0 Å². The second-order valence-electron chi connectivity index (χ2n) is 4.63. The van der Waals surface area contributed by atoms with Gasteiger partial charge in [0, 0.05) is 30.4 Å². The van der Waals surface area contributed by atoms with E-state index in [1.165, 1.54) is 12.3 Å². The van der Waals surface area contributed by atoms with Crippen molar-refractivity contribution < 1.29 is 8.42 Å². The molecule has 0 aliphatic rings. The predicted octanol–water partition coefficient (Wildman–Crippen LogP) is 2.39. The summed E-state index contributed by atoms with van der Waals surface area (Å²) in [5, 5.41) is 0.546. The van der Waals surface area contributed by atoms with E-state index in [9.17, 15) is 8.42 Å². The van der Waals surface area contributed by atoms with E-state index >= 15 is 0 Å². The number of aromatic nitrogens is 4. The molecule has 3 rings (SSSR count). The summed E-state index contributed by atoms with van der Waals surface area (Å²) in [6.45, 7) is 0. The lowest BCUT2D eigenvalue weighted by Gasteiger charge is -2.08. The Hall–Kier alpha value is -2.25. The lowest BCUT2D eigenvalue weighted by molar-refractivity contribution is 0.601. The highest BCUT2D eigenvalue weighted by Crippen LogP contribution is 2.28. The molecule has 112 valence electrons. The Labute approximate surface area is 132 Å². The minimum Gasteiger partial charge on any atom is -0.283 e. The maximum atomic E-state index is 11.5. The Morgan fingerprint density at radius 2 is 1.91 bits per heavy atom. The summed E-state index contributed by atoms with van der Waals surface area (Å²) in [4.78, 5) is 12.5. The van der Waals surface area contributed by atoms with Crippen molar-refractivity contribution in [3.05, 3.63) is 54.3 Å². The fraction of sp³-hybridized carbons (Fsp3) is 0.0714. The zero-order valence-electron chi connectivity index (χ0n) is 11.5. The van der Waals surface area contributed by atoms with E-state index in [0.717, 1.165) is 17.5 Å². The lowest BCUT2D eigenvalue weighted by atomic mass is 10.2. The van der Waals surface area contributed by atoms with Gasteiger partial charge in [0.1, 0.15) is 12.1 Å². The molecule has 0 aliphatic carbocycles. The van der Waals surface area contributed by atoms with Gasteiger partial charge in [-0.05, 0) is 18.2 Å². The Balaban J connectivity index is 2.08. The maximum Gasteiger partial charge on any atom is 0.177 e. The van der Waals surface area contributed by atoms with Crippen LogP contribution in [0.3, 0.4) is 0 Å². The minimum atomic E-state index is -3.28. The van der Waals surface area contributed by atoms with Crippen LogP contribution in [0.25, 0.3) is 17.1 Å². The molecule has 0 saturated carbocycles. The molecule has 0 N–H and O–H groups in total. The predicted molar refractivity (Wildman–Crippen MR) is 82.7 cm³/mol. The molecule has 0 unspecified atom stereocenters. The summed E-state index contributed by atoms with van der Waals surface area (Å²) in [6, 6.07) is 4.81. The second kappa shape index (κ2) is 5.51. The molecule has 3 heterocycles. The molecule has 0 bridgehead atoms. The van der Waals surface area contributed by atoms with Gasteiger partial charge in [-0.2, -0.15) is 0 Å². The van der Waals surface area contributed by atoms with Crippen molar-refractivity contribution in [1.82, 2.24) is 19.5 Å². The van der Waals surface area contributed by atoms with E-state index in [-0.39, 0.29) is 4.90 Å². The Bertz CT molecular complexity index is 920. The zero-order chi connectivity index (χ0) is 15.7. The fourth-order valence-electron chi connectivity index (χ4n) is 1.98. The molecule has 0 fully saturated rings. The summed E-state index contributed by atoms with van der Waals surface area (Å²) in [5.74, 6) is 0.541. The van der Waals surface area contributed by atoms with Gasteiger partial charge in [-0.3, -0.25) is 9.55 Å². The van der Waals surface area contributed by atoms with Crippen LogP contribution in [0, 0.1) is 0 Å². The van der Waals surface area contributed by atoms with Gasteiger partial charge in [0.05, 0.1) is 21.8 Å². The van der Waals surface area contributed by atoms with Gasteiger partial charge in [-0.15, -0.1) is 0 Å². The van der Waals surface area contributed by atoms with Gasteiger partial charge in [0.2, 0.25) is 0 Å². The van der Waals surface area contributed by atoms with Crippen LogP contribution in [0.1, 0.15) is 0 Å². The average Bonchev–Trinajstić information content (AvgIpc) is 2.96. The van der Waals surface area contributed by atoms with Crippen LogP contribution in [0.4, 0.5) is 0 Å². The minimum absolute atomic E-state index is 0.164. The monoisotopic (exact) mass is 334 g/mol. The van der Waals surface area contributed by atoms with Crippen molar-refractivity contribution in [2.45, 2.75) is 4.90 Å². The van der Waals surface area contributed by atoms with E-state index < -0.39 is 9.84 Å². The summed E-state index contributed by atoms with van der Waals surface area (Å²) in [7, 11) is -3.28. The van der Waals surface area contributed by atoms with Crippen molar-refractivity contribution >= 4 is 21.4 Å². The van der Waals surface area contributed by atoms with Crippen LogP contribution in [0.5, 0.6) is 0 Å². The van der Waals surface area contributed by atoms with Crippen LogP contribution in [0.2, 0.25) is 5.02 Å². The van der Waals surface area contributed by atoms with Crippen molar-refractivity contribution in [2.75, 3.05) is 6.26 Å². The van der Waals surface area contributed by atoms with Crippen molar-refractivity contribution in [3.63, 3.8) is 0 Å². The molecule has 6 nitrogen and oxygen atoms in total. The Kier molecular flexibility index (Phi) is 3.67. The Morgan fingerprint density at radius 3 is 2.55 bits per heavy atom. The largest absolute Gasteiger partial charge is 0.283 e. The van der Waals surface area contributed by atoms with Crippen LogP contribution in [0.15, 0.2) is 54.2 Å². The third-order valence-corrected chi connectivity index (χ3v) is 4.51. The summed E-state index contributed by atoms with van der Waals surface area (Å²) < 4.78 is 24.7. The fourth-order valence-corrected chi connectivity index (χ4v) is 2.74. The zero-order valence-corrected chi connectivity index (χ0v) is 13.1. The number of rotatable bonds is 3. The molecule has 0 amide bonds. The first-order valence-corrected chi connectivity index (χ1v) is 8.52. The molecule has 0 radical (unpaired) electrons. The first kappa shape index (κ1) is 14.7. The molecule has 8 heteroatoms. The number of halogens is 1. The number of hydrogen-bond acceptors (Lipinski definition) is 5. The van der Waals surface area contributed by atoms with Gasteiger partial charge in [0.15, 0.2) is 9.84 Å². The van der Waals surface area contributed by atoms with Gasteiger partial charge in [-0.25, -0.2) is 18.4 Å². The maximum absolute atomic E-state index is 11.5. The first-order valence-electron chi connectivity index (χ1n) is 6.25. The number of hydrogen-bond donors (Lipinski definition) is 0. The third kappa shape index (κ3) is 2.72. The molecular formula is C14H11ClN4O2S. The Morgan fingerprint density at radius 1 is 1.09 bits per heavy atom. The van der Waals surface area contributed by atoms with Crippen LogP contribution in [-0.4, -0.2) is 34.2 Å². The lowest BCUT2D eigenvalue weighted by Crippen LogP contribution is -2.02. The number of sulfone groups is 1. The highest BCUT2D eigenvalue weighted by atomic mass is 35.5. The van der Waals surface area contributed by atoms with E-state index in [0.29, 0.717) is 10.8 Å². The normalized spacial score (nSPS) is 11.5. The van der Waals surface area contributed by atoms with Crippen LogP contribution >= 0.6 is 11.6 Å².